The van der Waals surface area contributed by atoms with Crippen LogP contribution in [-0.4, -0.2) is 44.1 Å². The lowest BCUT2D eigenvalue weighted by Crippen LogP contribution is -2.54. The fourth-order valence-corrected chi connectivity index (χ4v) is 4.51. The van der Waals surface area contributed by atoms with Crippen LogP contribution in [0.5, 0.6) is 0 Å². The number of hydrogen-bond acceptors (Lipinski definition) is 4. The summed E-state index contributed by atoms with van der Waals surface area (Å²) in [5.74, 6) is 0.362. The zero-order valence-corrected chi connectivity index (χ0v) is 17.7. The van der Waals surface area contributed by atoms with Crippen LogP contribution < -0.4 is 0 Å². The molecule has 0 bridgehead atoms. The van der Waals surface area contributed by atoms with Gasteiger partial charge < -0.3 is 18.6 Å². The van der Waals surface area contributed by atoms with Gasteiger partial charge in [0, 0.05) is 0 Å². The van der Waals surface area contributed by atoms with Gasteiger partial charge in [0.25, 0.3) is 0 Å². The molecule has 5 atom stereocenters. The first-order chi connectivity index (χ1) is 10.0. The molecule has 0 aliphatic carbocycles. The van der Waals surface area contributed by atoms with E-state index in [9.17, 15) is 0 Å². The minimum Gasteiger partial charge on any atom is -0.414 e. The highest BCUT2D eigenvalue weighted by Crippen LogP contribution is 2.46. The Kier molecular flexibility index (Phi) is 5.83. The summed E-state index contributed by atoms with van der Waals surface area (Å²) in [4.78, 5) is 0. The molecule has 2 rings (SSSR count). The molecule has 4 nitrogen and oxygen atoms in total. The Morgan fingerprint density at radius 2 is 1.91 bits per heavy atom. The fourth-order valence-electron chi connectivity index (χ4n) is 2.32. The summed E-state index contributed by atoms with van der Waals surface area (Å²) >= 11 is 2.42. The van der Waals surface area contributed by atoms with Crippen molar-refractivity contribution in [3.8, 4) is 0 Å². The zero-order valence-electron chi connectivity index (χ0n) is 14.5. The smallest absolute Gasteiger partial charge is 0.192 e. The summed E-state index contributed by atoms with van der Waals surface area (Å²) in [6.45, 7) is 18.3. The number of hydrogen-bond donors (Lipinski definition) is 0. The summed E-state index contributed by atoms with van der Waals surface area (Å²) in [6, 6.07) is 0. The molecule has 128 valence electrons. The van der Waals surface area contributed by atoms with Crippen LogP contribution in [0.4, 0.5) is 0 Å². The summed E-state index contributed by atoms with van der Waals surface area (Å²) in [5.41, 5.74) is 1.00. The molecule has 0 aromatic rings. The summed E-state index contributed by atoms with van der Waals surface area (Å²) in [5, 5.41) is 0.221. The van der Waals surface area contributed by atoms with E-state index in [1.165, 1.54) is 0 Å². The minimum atomic E-state index is -1.73. The number of halogens is 1. The first kappa shape index (κ1) is 18.9. The van der Waals surface area contributed by atoms with E-state index in [1.807, 2.05) is 6.92 Å². The summed E-state index contributed by atoms with van der Waals surface area (Å²) < 4.78 is 24.0. The van der Waals surface area contributed by atoms with Crippen molar-refractivity contribution in [1.82, 2.24) is 0 Å². The lowest BCUT2D eigenvalue weighted by atomic mass is 9.95. The van der Waals surface area contributed by atoms with Crippen LogP contribution in [0, 0.1) is 5.92 Å². The van der Waals surface area contributed by atoms with E-state index in [0.717, 1.165) is 5.57 Å². The zero-order chi connectivity index (χ0) is 16.7. The van der Waals surface area contributed by atoms with Crippen molar-refractivity contribution < 1.29 is 18.6 Å². The second-order valence-electron chi connectivity index (χ2n) is 7.91. The van der Waals surface area contributed by atoms with Gasteiger partial charge in [0.2, 0.25) is 0 Å². The Labute approximate surface area is 149 Å². The van der Waals surface area contributed by atoms with E-state index in [1.54, 1.807) is 0 Å². The molecule has 0 radical (unpaired) electrons. The van der Waals surface area contributed by atoms with Gasteiger partial charge in [-0.25, -0.2) is 0 Å². The number of fused-ring (bicyclic) bond motifs is 1. The van der Waals surface area contributed by atoms with Gasteiger partial charge in [0.05, 0.1) is 29.2 Å². The second kappa shape index (κ2) is 6.80. The molecule has 0 aromatic carbocycles. The van der Waals surface area contributed by atoms with Crippen LogP contribution >= 0.6 is 22.6 Å². The summed E-state index contributed by atoms with van der Waals surface area (Å²) in [6.07, 6.45) is -0.213. The normalized spacial score (nSPS) is 35.1. The lowest BCUT2D eigenvalue weighted by molar-refractivity contribution is -0.293. The molecule has 2 fully saturated rings. The van der Waals surface area contributed by atoms with Gasteiger partial charge in [-0.15, -0.1) is 0 Å². The molecule has 22 heavy (non-hydrogen) atoms. The van der Waals surface area contributed by atoms with Gasteiger partial charge in [0.15, 0.2) is 20.9 Å². The highest BCUT2D eigenvalue weighted by Gasteiger charge is 2.57. The van der Waals surface area contributed by atoms with Crippen molar-refractivity contribution in [3.63, 3.8) is 0 Å². The van der Waals surface area contributed by atoms with Crippen molar-refractivity contribution in [2.24, 2.45) is 5.92 Å². The Morgan fingerprint density at radius 3 is 2.45 bits per heavy atom. The molecule has 0 N–H and O–H groups in total. The molecule has 0 unspecified atom stereocenters. The molecule has 0 aromatic heterocycles. The van der Waals surface area contributed by atoms with Crippen LogP contribution in [0.1, 0.15) is 27.7 Å². The van der Waals surface area contributed by atoms with Gasteiger partial charge in [-0.3, -0.25) is 0 Å². The largest absolute Gasteiger partial charge is 0.414 e. The van der Waals surface area contributed by atoms with Crippen molar-refractivity contribution in [2.45, 2.75) is 68.4 Å². The van der Waals surface area contributed by atoms with E-state index in [4.69, 9.17) is 18.6 Å². The molecule has 0 spiro atoms. The van der Waals surface area contributed by atoms with Gasteiger partial charge >= 0.3 is 0 Å². The van der Waals surface area contributed by atoms with Crippen LogP contribution in [-0.2, 0) is 18.6 Å². The molecule has 2 saturated heterocycles. The Balaban J connectivity index is 1.84. The number of rotatable bonds is 6. The average Bonchev–Trinajstić information content (AvgIpc) is 2.57. The quantitative estimate of drug-likeness (QED) is 0.270. The maximum absolute atomic E-state index is 6.29. The molecule has 2 heterocycles. The first-order valence-corrected chi connectivity index (χ1v) is 12.0. The average molecular weight is 440 g/mol. The van der Waals surface area contributed by atoms with Gasteiger partial charge in [-0.2, -0.15) is 0 Å². The molecule has 0 amide bonds. The van der Waals surface area contributed by atoms with Gasteiger partial charge in [0.1, 0.15) is 0 Å². The highest BCUT2D eigenvalue weighted by molar-refractivity contribution is 14.1. The minimum absolute atomic E-state index is 0.124. The predicted octanol–water partition coefficient (Wildman–Crippen LogP) is 4.10. The van der Waals surface area contributed by atoms with E-state index in [2.05, 4.69) is 63.0 Å². The Morgan fingerprint density at radius 1 is 1.27 bits per heavy atom. The maximum Gasteiger partial charge on any atom is 0.192 e. The lowest BCUT2D eigenvalue weighted by Gasteiger charge is -2.43. The second-order valence-corrected chi connectivity index (χ2v) is 14.2. The van der Waals surface area contributed by atoms with E-state index in [-0.39, 0.29) is 23.7 Å². The number of alkyl halides is 1. The van der Waals surface area contributed by atoms with Crippen LogP contribution in [0.15, 0.2) is 12.2 Å². The van der Waals surface area contributed by atoms with Crippen molar-refractivity contribution in [2.75, 3.05) is 13.2 Å². The standard InChI is InChI=1S/C16H29IO4Si/c1-10(2)8-18-15-13(17)12-11(20-14(12)21-15)9-19-22(6,7)16(3,4)5/h11-15H,1,8-9H2,2-7H3/t11-,12+,13+,14-,15+/m1/s1. The van der Waals surface area contributed by atoms with Crippen molar-refractivity contribution in [1.29, 1.82) is 0 Å². The molecule has 2 aliphatic heterocycles. The molecule has 0 saturated carbocycles. The van der Waals surface area contributed by atoms with Gasteiger partial charge in [-0.05, 0) is 25.1 Å². The molecular weight excluding hydrogens is 411 g/mol. The molecular formula is C16H29IO4Si. The van der Waals surface area contributed by atoms with E-state index in [0.29, 0.717) is 23.1 Å². The monoisotopic (exact) mass is 440 g/mol. The predicted molar refractivity (Wildman–Crippen MR) is 98.7 cm³/mol. The van der Waals surface area contributed by atoms with E-state index >= 15 is 0 Å². The van der Waals surface area contributed by atoms with Crippen LogP contribution in [0.2, 0.25) is 18.1 Å². The third-order valence-electron chi connectivity index (χ3n) is 4.86. The van der Waals surface area contributed by atoms with Crippen molar-refractivity contribution in [3.05, 3.63) is 12.2 Å². The van der Waals surface area contributed by atoms with Crippen LogP contribution in [0.3, 0.4) is 0 Å². The summed E-state index contributed by atoms with van der Waals surface area (Å²) in [7, 11) is -1.73. The highest BCUT2D eigenvalue weighted by atomic mass is 127. The maximum atomic E-state index is 6.29. The topological polar surface area (TPSA) is 36.9 Å². The van der Waals surface area contributed by atoms with Crippen LogP contribution in [0.25, 0.3) is 0 Å². The Bertz CT molecular complexity index is 421. The van der Waals surface area contributed by atoms with Crippen molar-refractivity contribution >= 4 is 30.9 Å². The molecule has 2 aliphatic rings. The Hall–Kier alpha value is 0.527. The SMILES string of the molecule is C=C(C)CO[C@H]1O[C@H]2O[C@H](CO[Si](C)(C)C(C)(C)C)[C@H]2[C@@H]1I. The number of ether oxygens (including phenoxy) is 3. The third-order valence-corrected chi connectivity index (χ3v) is 10.8. The third kappa shape index (κ3) is 3.95. The molecule has 6 heteroatoms. The first-order valence-electron chi connectivity index (χ1n) is 7.88. The van der Waals surface area contributed by atoms with E-state index < -0.39 is 8.32 Å². The van der Waals surface area contributed by atoms with Gasteiger partial charge in [-0.1, -0.05) is 55.5 Å². The fraction of sp³-hybridized carbons (Fsp3) is 0.875.